The molecule has 27 heavy (non-hydrogen) atoms. The van der Waals surface area contributed by atoms with Gasteiger partial charge in [0.1, 0.15) is 11.5 Å². The Kier molecular flexibility index (Phi) is 8.06. The lowest BCUT2D eigenvalue weighted by Crippen LogP contribution is -2.28. The largest absolute Gasteiger partial charge is 0.507 e. The summed E-state index contributed by atoms with van der Waals surface area (Å²) in [6.45, 7) is 15.5. The normalized spacial score (nSPS) is 14.9. The van der Waals surface area contributed by atoms with Crippen LogP contribution in [0.15, 0.2) is 12.1 Å². The lowest BCUT2D eigenvalue weighted by Gasteiger charge is -2.29. The van der Waals surface area contributed by atoms with Gasteiger partial charge in [0.25, 0.3) is 0 Å². The van der Waals surface area contributed by atoms with Crippen LogP contribution in [0.25, 0.3) is 0 Å². The van der Waals surface area contributed by atoms with Crippen molar-refractivity contribution >= 4 is 5.78 Å². The van der Waals surface area contributed by atoms with E-state index in [1.807, 2.05) is 19.1 Å². The Hall–Kier alpha value is -1.39. The molecule has 0 aromatic heterocycles. The average molecular weight is 377 g/mol. The molecule has 0 saturated carbocycles. The summed E-state index contributed by atoms with van der Waals surface area (Å²) < 4.78 is 0. The van der Waals surface area contributed by atoms with Crippen LogP contribution in [0.1, 0.15) is 90.3 Å². The van der Waals surface area contributed by atoms with E-state index in [4.69, 9.17) is 11.5 Å². The molecule has 0 radical (unpaired) electrons. The fourth-order valence-electron chi connectivity index (χ4n) is 3.48. The summed E-state index contributed by atoms with van der Waals surface area (Å²) >= 11 is 0. The molecule has 2 atom stereocenters. The molecule has 0 fully saturated rings. The molecule has 1 aromatic rings. The zero-order valence-corrected chi connectivity index (χ0v) is 18.4. The predicted octanol–water partition coefficient (Wildman–Crippen LogP) is 4.36. The smallest absolute Gasteiger partial charge is 0.144 e. The molecule has 0 heterocycles. The SMILES string of the molecule is CC(C(=O)C(CN)CCCCN)c1cc(C(C)(C)C)c(O)c(C(C)(C)C)c1. The van der Waals surface area contributed by atoms with E-state index in [-0.39, 0.29) is 28.4 Å². The van der Waals surface area contributed by atoms with E-state index in [1.54, 1.807) is 0 Å². The van der Waals surface area contributed by atoms with Crippen molar-refractivity contribution in [3.8, 4) is 5.75 Å². The lowest BCUT2D eigenvalue weighted by atomic mass is 9.76. The number of carbonyl (C=O) groups excluding carboxylic acids is 1. The van der Waals surface area contributed by atoms with Crippen molar-refractivity contribution in [3.63, 3.8) is 0 Å². The van der Waals surface area contributed by atoms with Crippen LogP contribution in [0.3, 0.4) is 0 Å². The van der Waals surface area contributed by atoms with E-state index < -0.39 is 0 Å². The zero-order valence-electron chi connectivity index (χ0n) is 18.4. The number of hydrogen-bond acceptors (Lipinski definition) is 4. The minimum Gasteiger partial charge on any atom is -0.507 e. The Bertz CT molecular complexity index is 604. The summed E-state index contributed by atoms with van der Waals surface area (Å²) in [6, 6.07) is 4.00. The van der Waals surface area contributed by atoms with Crippen LogP contribution >= 0.6 is 0 Å². The highest BCUT2D eigenvalue weighted by molar-refractivity contribution is 5.88. The third-order valence-corrected chi connectivity index (χ3v) is 5.37. The van der Waals surface area contributed by atoms with Crippen molar-refractivity contribution in [1.29, 1.82) is 0 Å². The average Bonchev–Trinajstić information content (AvgIpc) is 2.55. The van der Waals surface area contributed by atoms with Crippen molar-refractivity contribution in [3.05, 3.63) is 28.8 Å². The number of nitrogens with two attached hydrogens (primary N) is 2. The van der Waals surface area contributed by atoms with Gasteiger partial charge in [0.05, 0.1) is 0 Å². The molecule has 2 unspecified atom stereocenters. The van der Waals surface area contributed by atoms with Crippen LogP contribution in [0, 0.1) is 5.92 Å². The van der Waals surface area contributed by atoms with Crippen molar-refractivity contribution in [2.24, 2.45) is 17.4 Å². The number of ketones is 1. The first-order chi connectivity index (χ1) is 12.3. The molecule has 154 valence electrons. The van der Waals surface area contributed by atoms with E-state index in [9.17, 15) is 9.90 Å². The van der Waals surface area contributed by atoms with Gasteiger partial charge in [0.15, 0.2) is 0 Å². The standard InChI is InChI=1S/C23H40N2O2/c1-15(20(26)16(14-25)10-8-9-11-24)17-12-18(22(2,3)4)21(27)19(13-17)23(5,6)7/h12-13,15-16,27H,8-11,14,24-25H2,1-7H3. The Morgan fingerprint density at radius 3 is 1.85 bits per heavy atom. The zero-order chi connectivity index (χ0) is 21.0. The summed E-state index contributed by atoms with van der Waals surface area (Å²) in [5, 5.41) is 10.9. The van der Waals surface area contributed by atoms with Gasteiger partial charge in [-0.1, -0.05) is 67.0 Å². The van der Waals surface area contributed by atoms with Crippen molar-refractivity contribution < 1.29 is 9.90 Å². The highest BCUT2D eigenvalue weighted by Gasteiger charge is 2.30. The third kappa shape index (κ3) is 6.05. The maximum atomic E-state index is 13.1. The fraction of sp³-hybridized carbons (Fsp3) is 0.696. The van der Waals surface area contributed by atoms with Gasteiger partial charge >= 0.3 is 0 Å². The van der Waals surface area contributed by atoms with Crippen LogP contribution in [-0.2, 0) is 15.6 Å². The summed E-state index contributed by atoms with van der Waals surface area (Å²) in [4.78, 5) is 13.1. The van der Waals surface area contributed by atoms with Gasteiger partial charge in [-0.05, 0) is 46.9 Å². The van der Waals surface area contributed by atoms with Crippen LogP contribution in [0.5, 0.6) is 5.75 Å². The van der Waals surface area contributed by atoms with Gasteiger partial charge in [0.2, 0.25) is 0 Å². The molecule has 0 spiro atoms. The molecule has 0 aliphatic carbocycles. The maximum Gasteiger partial charge on any atom is 0.144 e. The quantitative estimate of drug-likeness (QED) is 0.588. The molecule has 5 N–H and O–H groups in total. The first kappa shape index (κ1) is 23.6. The van der Waals surface area contributed by atoms with Gasteiger partial charge in [0, 0.05) is 18.4 Å². The Morgan fingerprint density at radius 2 is 1.48 bits per heavy atom. The van der Waals surface area contributed by atoms with Crippen LogP contribution in [-0.4, -0.2) is 24.0 Å². The number of aromatic hydroxyl groups is 1. The molecule has 0 bridgehead atoms. The summed E-state index contributed by atoms with van der Waals surface area (Å²) in [5.41, 5.74) is 13.8. The lowest BCUT2D eigenvalue weighted by molar-refractivity contribution is -0.124. The van der Waals surface area contributed by atoms with Gasteiger partial charge in [-0.25, -0.2) is 0 Å². The number of unbranched alkanes of at least 4 members (excludes halogenated alkanes) is 1. The molecule has 0 amide bonds. The van der Waals surface area contributed by atoms with Gasteiger partial charge in [-0.2, -0.15) is 0 Å². The maximum absolute atomic E-state index is 13.1. The Labute approximate surface area is 165 Å². The second kappa shape index (κ2) is 9.20. The van der Waals surface area contributed by atoms with Crippen molar-refractivity contribution in [2.45, 2.75) is 84.5 Å². The minimum atomic E-state index is -0.251. The number of rotatable bonds is 8. The first-order valence-corrected chi connectivity index (χ1v) is 10.2. The number of carbonyl (C=O) groups is 1. The topological polar surface area (TPSA) is 89.3 Å². The summed E-state index contributed by atoms with van der Waals surface area (Å²) in [5.74, 6) is 0.132. The van der Waals surface area contributed by atoms with Crippen LogP contribution < -0.4 is 11.5 Å². The van der Waals surface area contributed by atoms with Gasteiger partial charge < -0.3 is 16.6 Å². The molecule has 0 saturated heterocycles. The van der Waals surface area contributed by atoms with Gasteiger partial charge in [-0.3, -0.25) is 4.79 Å². The van der Waals surface area contributed by atoms with Crippen molar-refractivity contribution in [1.82, 2.24) is 0 Å². The van der Waals surface area contributed by atoms with Crippen LogP contribution in [0.2, 0.25) is 0 Å². The molecule has 0 aliphatic rings. The van der Waals surface area contributed by atoms with E-state index in [2.05, 4.69) is 41.5 Å². The summed E-state index contributed by atoms with van der Waals surface area (Å²) in [7, 11) is 0. The van der Waals surface area contributed by atoms with Crippen molar-refractivity contribution in [2.75, 3.05) is 13.1 Å². The molecule has 0 aliphatic heterocycles. The van der Waals surface area contributed by atoms with E-state index in [0.717, 1.165) is 36.0 Å². The Balaban J connectivity index is 3.33. The second-order valence-corrected chi connectivity index (χ2v) is 9.81. The number of Topliss-reactive ketones (excluding diaryl/α,β-unsaturated/α-hetero) is 1. The number of hydrogen-bond donors (Lipinski definition) is 3. The fourth-order valence-corrected chi connectivity index (χ4v) is 3.48. The predicted molar refractivity (Wildman–Crippen MR) is 114 cm³/mol. The molecular weight excluding hydrogens is 336 g/mol. The highest BCUT2D eigenvalue weighted by Crippen LogP contribution is 2.41. The Morgan fingerprint density at radius 1 is 1.00 bits per heavy atom. The number of phenols is 1. The minimum absolute atomic E-state index is 0.142. The highest BCUT2D eigenvalue weighted by atomic mass is 16.3. The molecule has 4 nitrogen and oxygen atoms in total. The molecule has 1 rings (SSSR count). The third-order valence-electron chi connectivity index (χ3n) is 5.37. The van der Waals surface area contributed by atoms with E-state index in [1.165, 1.54) is 0 Å². The number of phenolic OH excluding ortho intramolecular Hbond substituents is 1. The molecule has 4 heteroatoms. The van der Waals surface area contributed by atoms with E-state index in [0.29, 0.717) is 18.8 Å². The van der Waals surface area contributed by atoms with Crippen LogP contribution in [0.4, 0.5) is 0 Å². The molecular formula is C23H40N2O2. The first-order valence-electron chi connectivity index (χ1n) is 10.2. The molecule has 1 aromatic carbocycles. The van der Waals surface area contributed by atoms with E-state index >= 15 is 0 Å². The summed E-state index contributed by atoms with van der Waals surface area (Å²) in [6.07, 6.45) is 2.62. The number of benzene rings is 1. The second-order valence-electron chi connectivity index (χ2n) is 9.81. The van der Waals surface area contributed by atoms with Gasteiger partial charge in [-0.15, -0.1) is 0 Å². The monoisotopic (exact) mass is 376 g/mol.